The Kier molecular flexibility index (Phi) is 4.81. The number of hydrogen-bond donors (Lipinski definition) is 2. The number of hydrogen-bond acceptors (Lipinski definition) is 5. The van der Waals surface area contributed by atoms with Gasteiger partial charge in [-0.15, -0.1) is 0 Å². The lowest BCUT2D eigenvalue weighted by Gasteiger charge is -2.13. The minimum absolute atomic E-state index is 0.129. The predicted molar refractivity (Wildman–Crippen MR) is 77.8 cm³/mol. The van der Waals surface area contributed by atoms with Crippen LogP contribution >= 0.6 is 0 Å². The molecule has 20 heavy (non-hydrogen) atoms. The van der Waals surface area contributed by atoms with Crippen LogP contribution in [-0.4, -0.2) is 19.7 Å². The molecule has 0 spiro atoms. The van der Waals surface area contributed by atoms with Crippen molar-refractivity contribution in [3.8, 4) is 0 Å². The lowest BCUT2D eigenvalue weighted by molar-refractivity contribution is 0.463. The lowest BCUT2D eigenvalue weighted by atomic mass is 10.1. The molecule has 2 unspecified atom stereocenters. The zero-order valence-electron chi connectivity index (χ0n) is 12.2. The van der Waals surface area contributed by atoms with Crippen LogP contribution in [-0.2, 0) is 6.42 Å². The molecule has 0 saturated carbocycles. The molecule has 2 aromatic rings. The maximum atomic E-state index is 5.62. The van der Waals surface area contributed by atoms with E-state index < -0.39 is 0 Å². The summed E-state index contributed by atoms with van der Waals surface area (Å²) in [5.41, 5.74) is 4.78. The summed E-state index contributed by atoms with van der Waals surface area (Å²) in [5.74, 6) is 6.31. The van der Waals surface area contributed by atoms with Crippen LogP contribution in [0.15, 0.2) is 24.7 Å². The Morgan fingerprint density at radius 1 is 1.35 bits per heavy atom. The van der Waals surface area contributed by atoms with Gasteiger partial charge in [-0.1, -0.05) is 6.92 Å². The highest BCUT2D eigenvalue weighted by molar-refractivity contribution is 5.09. The fraction of sp³-hybridized carbons (Fsp3) is 0.500. The topological polar surface area (TPSA) is 81.7 Å². The van der Waals surface area contributed by atoms with Crippen molar-refractivity contribution in [3.05, 3.63) is 41.7 Å². The highest BCUT2D eigenvalue weighted by atomic mass is 15.3. The number of nitrogens with two attached hydrogens (primary N) is 1. The molecule has 2 rings (SSSR count). The third-order valence-corrected chi connectivity index (χ3v) is 3.43. The maximum Gasteiger partial charge on any atom is 0.146 e. The molecule has 6 nitrogen and oxygen atoms in total. The van der Waals surface area contributed by atoms with Gasteiger partial charge in [0.15, 0.2) is 0 Å². The van der Waals surface area contributed by atoms with Crippen molar-refractivity contribution in [1.29, 1.82) is 0 Å². The molecular formula is C14H22N6. The molecule has 0 aliphatic rings. The molecule has 0 aliphatic heterocycles. The largest absolute Gasteiger partial charge is 0.271 e. The average Bonchev–Trinajstić information content (AvgIpc) is 2.93. The van der Waals surface area contributed by atoms with Crippen LogP contribution in [0.4, 0.5) is 0 Å². The van der Waals surface area contributed by atoms with E-state index in [2.05, 4.69) is 34.3 Å². The van der Waals surface area contributed by atoms with Crippen molar-refractivity contribution in [2.24, 2.45) is 5.84 Å². The summed E-state index contributed by atoms with van der Waals surface area (Å²) in [6, 6.07) is 2.30. The normalized spacial score (nSPS) is 14.2. The number of nitrogens with one attached hydrogen (secondary N) is 1. The van der Waals surface area contributed by atoms with Crippen LogP contribution in [0.3, 0.4) is 0 Å². The summed E-state index contributed by atoms with van der Waals surface area (Å²) in [6.45, 7) is 6.26. The summed E-state index contributed by atoms with van der Waals surface area (Å²) in [4.78, 5) is 8.63. The molecular weight excluding hydrogens is 252 g/mol. The second kappa shape index (κ2) is 6.58. The predicted octanol–water partition coefficient (Wildman–Crippen LogP) is 1.70. The standard InChI is InChI=1S/C14H22N6/c1-4-11(3)20-6-5-12(19-20)7-13(18-15)14-16-8-10(2)9-17-14/h5-6,8-9,11,13,18H,4,7,15H2,1-3H3. The molecule has 0 aliphatic carbocycles. The van der Waals surface area contributed by atoms with E-state index in [1.165, 1.54) is 0 Å². The maximum absolute atomic E-state index is 5.62. The van der Waals surface area contributed by atoms with Crippen molar-refractivity contribution >= 4 is 0 Å². The van der Waals surface area contributed by atoms with E-state index in [0.717, 1.165) is 17.7 Å². The SMILES string of the molecule is CCC(C)n1ccc(CC(NN)c2ncc(C)cn2)n1. The molecule has 6 heteroatoms. The highest BCUT2D eigenvalue weighted by Crippen LogP contribution is 2.15. The first-order valence-corrected chi connectivity index (χ1v) is 6.92. The Morgan fingerprint density at radius 3 is 2.65 bits per heavy atom. The summed E-state index contributed by atoms with van der Waals surface area (Å²) in [5, 5.41) is 4.58. The van der Waals surface area contributed by atoms with Crippen LogP contribution in [0, 0.1) is 6.92 Å². The molecule has 0 fully saturated rings. The van der Waals surface area contributed by atoms with Gasteiger partial charge in [0, 0.05) is 31.1 Å². The summed E-state index contributed by atoms with van der Waals surface area (Å²) in [7, 11) is 0. The smallest absolute Gasteiger partial charge is 0.146 e. The molecule has 0 radical (unpaired) electrons. The van der Waals surface area contributed by atoms with Crippen molar-refractivity contribution in [3.63, 3.8) is 0 Å². The monoisotopic (exact) mass is 274 g/mol. The van der Waals surface area contributed by atoms with Crippen LogP contribution in [0.25, 0.3) is 0 Å². The van der Waals surface area contributed by atoms with Gasteiger partial charge in [-0.2, -0.15) is 5.10 Å². The van der Waals surface area contributed by atoms with E-state index in [0.29, 0.717) is 18.3 Å². The number of aryl methyl sites for hydroxylation is 1. The molecule has 2 atom stereocenters. The van der Waals surface area contributed by atoms with Gasteiger partial charge in [-0.25, -0.2) is 15.4 Å². The fourth-order valence-corrected chi connectivity index (χ4v) is 1.94. The first-order valence-electron chi connectivity index (χ1n) is 6.92. The Bertz CT molecular complexity index is 533. The molecule has 0 amide bonds. The van der Waals surface area contributed by atoms with Crippen LogP contribution in [0.5, 0.6) is 0 Å². The van der Waals surface area contributed by atoms with Gasteiger partial charge in [0.2, 0.25) is 0 Å². The molecule has 2 heterocycles. The molecule has 108 valence electrons. The quantitative estimate of drug-likeness (QED) is 0.619. The zero-order chi connectivity index (χ0) is 14.5. The summed E-state index contributed by atoms with van der Waals surface area (Å²) in [6.07, 6.45) is 7.33. The highest BCUT2D eigenvalue weighted by Gasteiger charge is 2.15. The number of nitrogens with zero attached hydrogens (tertiary/aromatic N) is 4. The van der Waals surface area contributed by atoms with Crippen molar-refractivity contribution < 1.29 is 0 Å². The minimum Gasteiger partial charge on any atom is -0.271 e. The number of aromatic nitrogens is 4. The fourth-order valence-electron chi connectivity index (χ4n) is 1.94. The van der Waals surface area contributed by atoms with Gasteiger partial charge in [-0.3, -0.25) is 10.5 Å². The van der Waals surface area contributed by atoms with Crippen LogP contribution < -0.4 is 11.3 Å². The van der Waals surface area contributed by atoms with E-state index in [-0.39, 0.29) is 6.04 Å². The minimum atomic E-state index is -0.129. The van der Waals surface area contributed by atoms with Crippen molar-refractivity contribution in [2.75, 3.05) is 0 Å². The molecule has 0 bridgehead atoms. The Morgan fingerprint density at radius 2 is 2.05 bits per heavy atom. The third-order valence-electron chi connectivity index (χ3n) is 3.43. The Balaban J connectivity index is 2.10. The summed E-state index contributed by atoms with van der Waals surface area (Å²) >= 11 is 0. The number of rotatable bonds is 6. The van der Waals surface area contributed by atoms with E-state index >= 15 is 0 Å². The van der Waals surface area contributed by atoms with E-state index in [9.17, 15) is 0 Å². The van der Waals surface area contributed by atoms with Gasteiger partial charge in [-0.05, 0) is 31.9 Å². The van der Waals surface area contributed by atoms with E-state index in [1.54, 1.807) is 12.4 Å². The van der Waals surface area contributed by atoms with Crippen LogP contribution in [0.1, 0.15) is 49.4 Å². The zero-order valence-corrected chi connectivity index (χ0v) is 12.2. The van der Waals surface area contributed by atoms with Gasteiger partial charge < -0.3 is 0 Å². The van der Waals surface area contributed by atoms with Gasteiger partial charge in [0.05, 0.1) is 11.7 Å². The average molecular weight is 274 g/mol. The van der Waals surface area contributed by atoms with Gasteiger partial charge >= 0.3 is 0 Å². The van der Waals surface area contributed by atoms with Crippen molar-refractivity contribution in [2.45, 2.75) is 45.7 Å². The molecule has 0 aromatic carbocycles. The number of hydrazine groups is 1. The van der Waals surface area contributed by atoms with Gasteiger partial charge in [0.1, 0.15) is 5.82 Å². The third kappa shape index (κ3) is 3.40. The Hall–Kier alpha value is -1.79. The molecule has 0 saturated heterocycles. The second-order valence-electron chi connectivity index (χ2n) is 5.09. The Labute approximate surface area is 119 Å². The van der Waals surface area contributed by atoms with Gasteiger partial charge in [0.25, 0.3) is 0 Å². The van der Waals surface area contributed by atoms with E-state index in [4.69, 9.17) is 5.84 Å². The lowest BCUT2D eigenvalue weighted by Crippen LogP contribution is -2.31. The molecule has 3 N–H and O–H groups in total. The van der Waals surface area contributed by atoms with Crippen molar-refractivity contribution in [1.82, 2.24) is 25.2 Å². The second-order valence-corrected chi connectivity index (χ2v) is 5.09. The van der Waals surface area contributed by atoms with Crippen LogP contribution in [0.2, 0.25) is 0 Å². The first kappa shape index (κ1) is 14.6. The summed E-state index contributed by atoms with van der Waals surface area (Å²) < 4.78 is 1.99. The first-order chi connectivity index (χ1) is 9.63. The molecule has 2 aromatic heterocycles. The van der Waals surface area contributed by atoms with E-state index in [1.807, 2.05) is 23.9 Å².